The molecule has 0 N–H and O–H groups in total. The summed E-state index contributed by atoms with van der Waals surface area (Å²) in [4.78, 5) is 11.5. The molecule has 1 aliphatic rings. The molecule has 0 aliphatic heterocycles. The van der Waals surface area contributed by atoms with Gasteiger partial charge >= 0.3 is 0 Å². The van der Waals surface area contributed by atoms with Gasteiger partial charge < -0.3 is 0 Å². The molecular weight excluding hydrogens is 184 g/mol. The average molecular weight is 201 g/mol. The first-order valence-corrected chi connectivity index (χ1v) is 5.49. The van der Waals surface area contributed by atoms with Crippen molar-refractivity contribution in [1.82, 2.24) is 0 Å². The van der Waals surface area contributed by atoms with Crippen LogP contribution in [-0.2, 0) is 4.79 Å². The van der Waals surface area contributed by atoms with Crippen LogP contribution in [-0.4, -0.2) is 5.78 Å². The Morgan fingerprint density at radius 3 is 3.00 bits per heavy atom. The molecule has 1 nitrogen and oxygen atoms in total. The van der Waals surface area contributed by atoms with Crippen LogP contribution in [0.2, 0.25) is 0 Å². The first kappa shape index (κ1) is 10.8. The zero-order valence-electron chi connectivity index (χ0n) is 8.13. The second kappa shape index (κ2) is 5.43. The summed E-state index contributed by atoms with van der Waals surface area (Å²) in [6.45, 7) is 2.20. The van der Waals surface area contributed by atoms with Crippen molar-refractivity contribution in [1.29, 1.82) is 0 Å². The molecule has 2 unspecified atom stereocenters. The molecule has 1 saturated carbocycles. The minimum atomic E-state index is 0.244. The van der Waals surface area contributed by atoms with Crippen molar-refractivity contribution in [3.63, 3.8) is 0 Å². The number of allylic oxidation sites excluding steroid dienone is 1. The van der Waals surface area contributed by atoms with Gasteiger partial charge in [-0.25, -0.2) is 0 Å². The van der Waals surface area contributed by atoms with Crippen molar-refractivity contribution in [2.75, 3.05) is 0 Å². The highest BCUT2D eigenvalue weighted by molar-refractivity contribution is 6.25. The van der Waals surface area contributed by atoms with E-state index in [4.69, 9.17) is 11.6 Å². The summed E-state index contributed by atoms with van der Waals surface area (Å²) in [5, 5.41) is 0. The van der Waals surface area contributed by atoms with Crippen LogP contribution in [0.15, 0.2) is 11.6 Å². The van der Waals surface area contributed by atoms with Crippen molar-refractivity contribution >= 4 is 17.4 Å². The zero-order valence-corrected chi connectivity index (χ0v) is 8.89. The van der Waals surface area contributed by atoms with Crippen molar-refractivity contribution in [3.8, 4) is 0 Å². The number of carbonyl (C=O) groups excluding carboxylic acids is 1. The zero-order chi connectivity index (χ0) is 9.68. The first-order valence-electron chi connectivity index (χ1n) is 5.05. The Labute approximate surface area is 85.2 Å². The van der Waals surface area contributed by atoms with Crippen LogP contribution in [0, 0.1) is 11.8 Å². The van der Waals surface area contributed by atoms with Gasteiger partial charge in [-0.3, -0.25) is 4.79 Å². The fourth-order valence-corrected chi connectivity index (χ4v) is 2.12. The van der Waals surface area contributed by atoms with E-state index in [0.29, 0.717) is 5.78 Å². The van der Waals surface area contributed by atoms with Crippen molar-refractivity contribution in [3.05, 3.63) is 11.6 Å². The highest BCUT2D eigenvalue weighted by Crippen LogP contribution is 2.30. The Bertz CT molecular complexity index is 198. The molecule has 13 heavy (non-hydrogen) atoms. The summed E-state index contributed by atoms with van der Waals surface area (Å²) in [5.41, 5.74) is 1.52. The maximum Gasteiger partial charge on any atom is 0.136 e. The van der Waals surface area contributed by atoms with Crippen LogP contribution in [0.3, 0.4) is 0 Å². The lowest BCUT2D eigenvalue weighted by molar-refractivity contribution is -0.125. The van der Waals surface area contributed by atoms with E-state index in [1.807, 2.05) is 6.08 Å². The van der Waals surface area contributed by atoms with E-state index >= 15 is 0 Å². The predicted octanol–water partition coefficient (Wildman–Crippen LogP) is 3.52. The van der Waals surface area contributed by atoms with E-state index < -0.39 is 0 Å². The van der Waals surface area contributed by atoms with Crippen molar-refractivity contribution < 1.29 is 4.79 Å². The van der Waals surface area contributed by atoms with Gasteiger partial charge in [0.2, 0.25) is 0 Å². The van der Waals surface area contributed by atoms with Crippen LogP contribution in [0.5, 0.6) is 0 Å². The first-order chi connectivity index (χ1) is 6.27. The summed E-state index contributed by atoms with van der Waals surface area (Å²) in [6, 6.07) is 0. The van der Waals surface area contributed by atoms with E-state index in [0.717, 1.165) is 31.6 Å². The van der Waals surface area contributed by atoms with E-state index in [-0.39, 0.29) is 5.92 Å². The van der Waals surface area contributed by atoms with E-state index in [9.17, 15) is 4.79 Å². The Balaban J connectivity index is 2.44. The fraction of sp³-hybridized carbons (Fsp3) is 0.727. The number of ketones is 1. The van der Waals surface area contributed by atoms with Gasteiger partial charge in [0.05, 0.1) is 0 Å². The molecule has 2 heteroatoms. The summed E-state index contributed by atoms with van der Waals surface area (Å²) >= 11 is 5.45. The molecular formula is C11H17ClO. The maximum atomic E-state index is 11.5. The summed E-state index contributed by atoms with van der Waals surface area (Å²) in [6.07, 6.45) is 6.86. The number of Topliss-reactive ketones (excluding diaryl/α,β-unsaturated/α-hetero) is 1. The van der Waals surface area contributed by atoms with Gasteiger partial charge in [0.1, 0.15) is 5.78 Å². The smallest absolute Gasteiger partial charge is 0.136 e. The van der Waals surface area contributed by atoms with Gasteiger partial charge in [0, 0.05) is 17.9 Å². The normalized spacial score (nSPS) is 29.8. The second-order valence-corrected chi connectivity index (χ2v) is 4.06. The highest BCUT2D eigenvalue weighted by atomic mass is 35.5. The summed E-state index contributed by atoms with van der Waals surface area (Å²) in [5.74, 6) is 1.43. The second-order valence-electron chi connectivity index (χ2n) is 3.81. The Morgan fingerprint density at radius 2 is 2.38 bits per heavy atom. The predicted molar refractivity (Wildman–Crippen MR) is 55.7 cm³/mol. The number of hydrogen-bond acceptors (Lipinski definition) is 1. The van der Waals surface area contributed by atoms with Gasteiger partial charge in [-0.2, -0.15) is 0 Å². The average Bonchev–Trinajstić information content (AvgIpc) is 2.17. The van der Waals surface area contributed by atoms with Gasteiger partial charge in [0.15, 0.2) is 0 Å². The monoisotopic (exact) mass is 200 g/mol. The van der Waals surface area contributed by atoms with Gasteiger partial charge in [-0.1, -0.05) is 31.0 Å². The number of hydrogen-bond donors (Lipinski definition) is 0. The molecule has 2 atom stereocenters. The third kappa shape index (κ3) is 3.15. The Morgan fingerprint density at radius 1 is 1.62 bits per heavy atom. The third-order valence-corrected chi connectivity index (χ3v) is 3.14. The van der Waals surface area contributed by atoms with Crippen molar-refractivity contribution in [2.45, 2.75) is 39.0 Å². The number of halogens is 1. The molecule has 1 fully saturated rings. The summed E-state index contributed by atoms with van der Waals surface area (Å²) < 4.78 is 0. The molecule has 1 rings (SSSR count). The molecule has 1 aliphatic carbocycles. The van der Waals surface area contributed by atoms with E-state index in [1.165, 1.54) is 12.0 Å². The molecule has 0 aromatic rings. The maximum absolute atomic E-state index is 11.5. The standard InChI is InChI=1S/C11H17ClO/c1-2-9-5-6-11(13)10(8-9)4-3-7-12/h3,7,9-10H,2,4-6,8H2,1H3/b7-3+. The van der Waals surface area contributed by atoms with Crippen molar-refractivity contribution in [2.24, 2.45) is 11.8 Å². The molecule has 74 valence electrons. The number of rotatable bonds is 3. The summed E-state index contributed by atoms with van der Waals surface area (Å²) in [7, 11) is 0. The van der Waals surface area contributed by atoms with E-state index in [1.54, 1.807) is 0 Å². The van der Waals surface area contributed by atoms with E-state index in [2.05, 4.69) is 6.92 Å². The molecule has 0 aromatic carbocycles. The van der Waals surface area contributed by atoms with Crippen LogP contribution in [0.4, 0.5) is 0 Å². The number of carbonyl (C=O) groups is 1. The largest absolute Gasteiger partial charge is 0.299 e. The quantitative estimate of drug-likeness (QED) is 0.681. The minimum absolute atomic E-state index is 0.244. The Hall–Kier alpha value is -0.300. The topological polar surface area (TPSA) is 17.1 Å². The lowest BCUT2D eigenvalue weighted by Gasteiger charge is -2.26. The molecule has 0 spiro atoms. The third-order valence-electron chi connectivity index (χ3n) is 2.96. The molecule has 0 aromatic heterocycles. The van der Waals surface area contributed by atoms with Gasteiger partial charge in [0.25, 0.3) is 0 Å². The van der Waals surface area contributed by atoms with Crippen LogP contribution < -0.4 is 0 Å². The molecule has 0 heterocycles. The lowest BCUT2D eigenvalue weighted by atomic mass is 9.78. The molecule has 0 radical (unpaired) electrons. The lowest BCUT2D eigenvalue weighted by Crippen LogP contribution is -2.24. The Kier molecular flexibility index (Phi) is 4.51. The molecule has 0 saturated heterocycles. The SMILES string of the molecule is CCC1CCC(=O)C(C/C=C/Cl)C1. The van der Waals surface area contributed by atoms with Crippen LogP contribution in [0.25, 0.3) is 0 Å². The molecule has 0 bridgehead atoms. The fourth-order valence-electron chi connectivity index (χ4n) is 2.02. The van der Waals surface area contributed by atoms with Crippen LogP contribution in [0.1, 0.15) is 39.0 Å². The highest BCUT2D eigenvalue weighted by Gasteiger charge is 2.26. The van der Waals surface area contributed by atoms with Crippen LogP contribution >= 0.6 is 11.6 Å². The minimum Gasteiger partial charge on any atom is -0.299 e. The molecule has 0 amide bonds. The van der Waals surface area contributed by atoms with Gasteiger partial charge in [-0.15, -0.1) is 0 Å². The van der Waals surface area contributed by atoms with Gasteiger partial charge in [-0.05, 0) is 25.2 Å².